The summed E-state index contributed by atoms with van der Waals surface area (Å²) < 4.78 is 2.05. The minimum absolute atomic E-state index is 0.00613. The summed E-state index contributed by atoms with van der Waals surface area (Å²) >= 11 is 0. The first kappa shape index (κ1) is 14.3. The number of nitrogens with zero attached hydrogens (tertiary/aromatic N) is 2. The first-order valence-electron chi connectivity index (χ1n) is 6.98. The maximum atomic E-state index is 12.3. The smallest absolute Gasteiger partial charge is 0.268 e. The Morgan fingerprint density at radius 3 is 2.80 bits per heavy atom. The predicted octanol–water partition coefficient (Wildman–Crippen LogP) is 2.49. The number of carbonyl (C=O) groups excluding carboxylic acids is 1. The van der Waals surface area contributed by atoms with Crippen LogP contribution in [0.15, 0.2) is 30.5 Å². The van der Waals surface area contributed by atoms with E-state index in [4.69, 9.17) is 0 Å². The van der Waals surface area contributed by atoms with Crippen molar-refractivity contribution in [2.24, 2.45) is 0 Å². The first-order valence-corrected chi connectivity index (χ1v) is 6.98. The molecule has 0 aliphatic carbocycles. The van der Waals surface area contributed by atoms with Gasteiger partial charge >= 0.3 is 0 Å². The van der Waals surface area contributed by atoms with Crippen molar-refractivity contribution in [2.75, 3.05) is 6.54 Å². The molecule has 0 bridgehead atoms. The zero-order valence-electron chi connectivity index (χ0n) is 12.3. The molecule has 0 atom stereocenters. The Balaban J connectivity index is 1.99. The summed E-state index contributed by atoms with van der Waals surface area (Å²) in [7, 11) is 0. The van der Waals surface area contributed by atoms with Crippen LogP contribution in [0.4, 0.5) is 0 Å². The van der Waals surface area contributed by atoms with Crippen LogP contribution in [0.3, 0.4) is 0 Å². The molecule has 4 nitrogen and oxygen atoms in total. The molecule has 2 aromatic rings. The number of amides is 1. The third-order valence-corrected chi connectivity index (χ3v) is 3.42. The van der Waals surface area contributed by atoms with Crippen LogP contribution in [-0.4, -0.2) is 22.0 Å². The van der Waals surface area contributed by atoms with Gasteiger partial charge in [-0.2, -0.15) is 0 Å². The predicted molar refractivity (Wildman–Crippen MR) is 79.9 cm³/mol. The number of rotatable bonds is 5. The minimum Gasteiger partial charge on any atom is -0.350 e. The second kappa shape index (κ2) is 6.37. The molecule has 2 aromatic heterocycles. The van der Waals surface area contributed by atoms with Gasteiger partial charge in [-0.05, 0) is 44.5 Å². The molecule has 0 radical (unpaired) electrons. The van der Waals surface area contributed by atoms with Crippen LogP contribution in [0, 0.1) is 13.8 Å². The third-order valence-electron chi connectivity index (χ3n) is 3.42. The SMILES string of the molecule is CCn1c(C)cc(C)c1C(=O)NCCc1ccccn1. The van der Waals surface area contributed by atoms with Gasteiger partial charge in [0.2, 0.25) is 0 Å². The van der Waals surface area contributed by atoms with E-state index in [2.05, 4.69) is 23.3 Å². The van der Waals surface area contributed by atoms with E-state index in [1.54, 1.807) is 6.20 Å². The lowest BCUT2D eigenvalue weighted by Crippen LogP contribution is -2.28. The van der Waals surface area contributed by atoms with E-state index in [0.717, 1.165) is 35.6 Å². The van der Waals surface area contributed by atoms with Crippen molar-refractivity contribution >= 4 is 5.91 Å². The minimum atomic E-state index is -0.00613. The van der Waals surface area contributed by atoms with Gasteiger partial charge in [0.05, 0.1) is 0 Å². The Kier molecular flexibility index (Phi) is 4.56. The Labute approximate surface area is 119 Å². The maximum Gasteiger partial charge on any atom is 0.268 e. The van der Waals surface area contributed by atoms with E-state index in [1.165, 1.54) is 0 Å². The van der Waals surface area contributed by atoms with Gasteiger partial charge in [-0.25, -0.2) is 0 Å². The fourth-order valence-corrected chi connectivity index (χ4v) is 2.49. The summed E-state index contributed by atoms with van der Waals surface area (Å²) in [5, 5.41) is 2.98. The zero-order chi connectivity index (χ0) is 14.5. The van der Waals surface area contributed by atoms with Crippen LogP contribution in [0.1, 0.15) is 34.4 Å². The van der Waals surface area contributed by atoms with Crippen molar-refractivity contribution in [1.29, 1.82) is 0 Å². The first-order chi connectivity index (χ1) is 9.63. The molecule has 0 saturated heterocycles. The Bertz CT molecular complexity index is 587. The van der Waals surface area contributed by atoms with Crippen LogP contribution in [0.5, 0.6) is 0 Å². The van der Waals surface area contributed by atoms with Crippen molar-refractivity contribution < 1.29 is 4.79 Å². The highest BCUT2D eigenvalue weighted by Gasteiger charge is 2.15. The summed E-state index contributed by atoms with van der Waals surface area (Å²) in [6.07, 6.45) is 2.52. The topological polar surface area (TPSA) is 46.9 Å². The Morgan fingerprint density at radius 2 is 2.15 bits per heavy atom. The molecule has 0 aliphatic rings. The highest BCUT2D eigenvalue weighted by molar-refractivity contribution is 5.94. The normalized spacial score (nSPS) is 10.6. The van der Waals surface area contributed by atoms with E-state index in [1.807, 2.05) is 36.6 Å². The molecule has 106 valence electrons. The molecule has 2 heterocycles. The van der Waals surface area contributed by atoms with Gasteiger partial charge in [0.1, 0.15) is 5.69 Å². The van der Waals surface area contributed by atoms with Crippen LogP contribution >= 0.6 is 0 Å². The molecule has 2 rings (SSSR count). The van der Waals surface area contributed by atoms with Crippen LogP contribution < -0.4 is 5.32 Å². The molecule has 4 heteroatoms. The fraction of sp³-hybridized carbons (Fsp3) is 0.375. The molecule has 1 amide bonds. The molecule has 0 spiro atoms. The summed E-state index contributed by atoms with van der Waals surface area (Å²) in [5.41, 5.74) is 3.91. The number of nitrogens with one attached hydrogen (secondary N) is 1. The molecule has 0 fully saturated rings. The number of aryl methyl sites for hydroxylation is 2. The van der Waals surface area contributed by atoms with Gasteiger partial charge < -0.3 is 9.88 Å². The highest BCUT2D eigenvalue weighted by atomic mass is 16.1. The van der Waals surface area contributed by atoms with E-state index < -0.39 is 0 Å². The lowest BCUT2D eigenvalue weighted by molar-refractivity contribution is 0.0944. The Morgan fingerprint density at radius 1 is 1.35 bits per heavy atom. The van der Waals surface area contributed by atoms with Crippen LogP contribution in [-0.2, 0) is 13.0 Å². The number of aromatic nitrogens is 2. The standard InChI is InChI=1S/C16H21N3O/c1-4-19-13(3)11-12(2)15(19)16(20)18-10-8-14-7-5-6-9-17-14/h5-7,9,11H,4,8,10H2,1-3H3,(H,18,20). The van der Waals surface area contributed by atoms with Gasteiger partial charge in [-0.1, -0.05) is 6.07 Å². The van der Waals surface area contributed by atoms with E-state index in [9.17, 15) is 4.79 Å². The molecule has 0 aromatic carbocycles. The number of carbonyl (C=O) groups is 1. The lowest BCUT2D eigenvalue weighted by atomic mass is 10.2. The summed E-state index contributed by atoms with van der Waals surface area (Å²) in [5.74, 6) is -0.00613. The second-order valence-corrected chi connectivity index (χ2v) is 4.89. The van der Waals surface area contributed by atoms with E-state index in [-0.39, 0.29) is 5.91 Å². The Hall–Kier alpha value is -2.10. The largest absolute Gasteiger partial charge is 0.350 e. The average molecular weight is 271 g/mol. The third kappa shape index (κ3) is 3.07. The molecular weight excluding hydrogens is 250 g/mol. The van der Waals surface area contributed by atoms with Gasteiger partial charge in [-0.15, -0.1) is 0 Å². The van der Waals surface area contributed by atoms with Crippen LogP contribution in [0.2, 0.25) is 0 Å². The molecule has 0 aliphatic heterocycles. The number of hydrogen-bond acceptors (Lipinski definition) is 2. The van der Waals surface area contributed by atoms with E-state index in [0.29, 0.717) is 6.54 Å². The summed E-state index contributed by atoms with van der Waals surface area (Å²) in [6.45, 7) is 7.47. The van der Waals surface area contributed by atoms with Gasteiger partial charge in [0, 0.05) is 37.1 Å². The van der Waals surface area contributed by atoms with Crippen molar-refractivity contribution in [1.82, 2.24) is 14.9 Å². The number of pyridine rings is 1. The summed E-state index contributed by atoms with van der Waals surface area (Å²) in [4.78, 5) is 16.5. The molecule has 0 unspecified atom stereocenters. The van der Waals surface area contributed by atoms with Crippen molar-refractivity contribution in [2.45, 2.75) is 33.7 Å². The monoisotopic (exact) mass is 271 g/mol. The maximum absolute atomic E-state index is 12.3. The fourth-order valence-electron chi connectivity index (χ4n) is 2.49. The van der Waals surface area contributed by atoms with E-state index >= 15 is 0 Å². The highest BCUT2D eigenvalue weighted by Crippen LogP contribution is 2.14. The average Bonchev–Trinajstić information content (AvgIpc) is 2.73. The van der Waals surface area contributed by atoms with Gasteiger partial charge in [0.25, 0.3) is 5.91 Å². The molecular formula is C16H21N3O. The van der Waals surface area contributed by atoms with Crippen LogP contribution in [0.25, 0.3) is 0 Å². The quantitative estimate of drug-likeness (QED) is 0.908. The molecule has 20 heavy (non-hydrogen) atoms. The summed E-state index contributed by atoms with van der Waals surface area (Å²) in [6, 6.07) is 7.87. The van der Waals surface area contributed by atoms with Gasteiger partial charge in [-0.3, -0.25) is 9.78 Å². The zero-order valence-corrected chi connectivity index (χ0v) is 12.3. The molecule has 1 N–H and O–H groups in total. The molecule has 0 saturated carbocycles. The van der Waals surface area contributed by atoms with Crippen molar-refractivity contribution in [3.05, 3.63) is 53.1 Å². The number of hydrogen-bond donors (Lipinski definition) is 1. The van der Waals surface area contributed by atoms with Crippen molar-refractivity contribution in [3.63, 3.8) is 0 Å². The second-order valence-electron chi connectivity index (χ2n) is 4.89. The lowest BCUT2D eigenvalue weighted by Gasteiger charge is -2.10. The van der Waals surface area contributed by atoms with Gasteiger partial charge in [0.15, 0.2) is 0 Å². The van der Waals surface area contributed by atoms with Crippen molar-refractivity contribution in [3.8, 4) is 0 Å².